The molecular formula is C26H37NO. The fourth-order valence-corrected chi connectivity index (χ4v) is 5.46. The summed E-state index contributed by atoms with van der Waals surface area (Å²) in [5, 5.41) is 0. The largest absolute Gasteiger partial charge is 0.312 e. The predicted octanol–water partition coefficient (Wildman–Crippen LogP) is 6.88. The van der Waals surface area contributed by atoms with Crippen LogP contribution >= 0.6 is 0 Å². The molecule has 0 bridgehead atoms. The minimum absolute atomic E-state index is 0.0625. The number of hydrogen-bond donors (Lipinski definition) is 0. The second kappa shape index (κ2) is 10.1. The molecule has 152 valence electrons. The van der Waals surface area contributed by atoms with Gasteiger partial charge in [0.15, 0.2) is 0 Å². The summed E-state index contributed by atoms with van der Waals surface area (Å²) in [6, 6.07) is 8.59. The van der Waals surface area contributed by atoms with Gasteiger partial charge >= 0.3 is 0 Å². The van der Waals surface area contributed by atoms with Crippen LogP contribution in [0.4, 0.5) is 5.69 Å². The lowest BCUT2D eigenvalue weighted by Crippen LogP contribution is -2.25. The van der Waals surface area contributed by atoms with Crippen molar-refractivity contribution < 1.29 is 4.79 Å². The highest BCUT2D eigenvalue weighted by atomic mass is 16.2. The summed E-state index contributed by atoms with van der Waals surface area (Å²) in [7, 11) is 1.80. The van der Waals surface area contributed by atoms with Gasteiger partial charge in [-0.05, 0) is 98.8 Å². The summed E-state index contributed by atoms with van der Waals surface area (Å²) >= 11 is 0. The molecule has 0 aliphatic heterocycles. The Hall–Kier alpha value is -1.83. The van der Waals surface area contributed by atoms with Crippen molar-refractivity contribution in [3.8, 4) is 0 Å². The van der Waals surface area contributed by atoms with Gasteiger partial charge in [-0.1, -0.05) is 37.6 Å². The number of benzene rings is 1. The molecule has 0 heterocycles. The van der Waals surface area contributed by atoms with Gasteiger partial charge in [0.25, 0.3) is 0 Å². The van der Waals surface area contributed by atoms with Gasteiger partial charge in [-0.3, -0.25) is 4.79 Å². The van der Waals surface area contributed by atoms with E-state index in [1.54, 1.807) is 11.9 Å². The number of amides is 1. The first-order chi connectivity index (χ1) is 13.6. The first-order valence-corrected chi connectivity index (χ1v) is 11.2. The average molecular weight is 380 g/mol. The minimum Gasteiger partial charge on any atom is -0.312 e. The van der Waals surface area contributed by atoms with Gasteiger partial charge < -0.3 is 4.90 Å². The Kier molecular flexibility index (Phi) is 7.53. The monoisotopic (exact) mass is 379 g/mol. The second-order valence-electron chi connectivity index (χ2n) is 8.95. The molecule has 0 atom stereocenters. The fourth-order valence-electron chi connectivity index (χ4n) is 5.46. The van der Waals surface area contributed by atoms with Crippen LogP contribution in [0.25, 0.3) is 0 Å². The lowest BCUT2D eigenvalue weighted by molar-refractivity contribution is -0.113. The van der Waals surface area contributed by atoms with E-state index in [0.717, 1.165) is 23.4 Å². The van der Waals surface area contributed by atoms with E-state index in [0.29, 0.717) is 5.92 Å². The molecule has 1 amide bonds. The van der Waals surface area contributed by atoms with Crippen LogP contribution in [0.3, 0.4) is 0 Å². The average Bonchev–Trinajstić information content (AvgIpc) is 2.77. The molecule has 0 saturated heterocycles. The van der Waals surface area contributed by atoms with Crippen molar-refractivity contribution in [1.82, 2.24) is 0 Å². The van der Waals surface area contributed by atoms with Crippen LogP contribution in [0, 0.1) is 17.8 Å². The number of carbonyl (C=O) groups excluding carboxylic acids is 1. The van der Waals surface area contributed by atoms with Crippen LogP contribution in [0.5, 0.6) is 0 Å². The Bertz CT molecular complexity index is 646. The van der Waals surface area contributed by atoms with Gasteiger partial charge in [-0.2, -0.15) is 0 Å². The van der Waals surface area contributed by atoms with Crippen LogP contribution in [-0.2, 0) is 4.79 Å². The van der Waals surface area contributed by atoms with Gasteiger partial charge in [0, 0.05) is 12.7 Å². The first kappa shape index (κ1) is 20.9. The third-order valence-electron chi connectivity index (χ3n) is 7.37. The molecule has 2 heteroatoms. The summed E-state index contributed by atoms with van der Waals surface area (Å²) in [5.41, 5.74) is 2.38. The van der Waals surface area contributed by atoms with E-state index in [2.05, 4.69) is 43.5 Å². The predicted molar refractivity (Wildman–Crippen MR) is 120 cm³/mol. The normalized spacial score (nSPS) is 27.8. The molecule has 3 rings (SSSR count). The maximum Gasteiger partial charge on any atom is 0.250 e. The second-order valence-corrected chi connectivity index (χ2v) is 8.95. The lowest BCUT2D eigenvalue weighted by atomic mass is 9.68. The minimum atomic E-state index is -0.0625. The zero-order chi connectivity index (χ0) is 19.9. The molecule has 0 aromatic heterocycles. The van der Waals surface area contributed by atoms with Crippen LogP contribution in [0.15, 0.2) is 49.6 Å². The molecule has 0 spiro atoms. The quantitative estimate of drug-likeness (QED) is 0.373. The number of likely N-dealkylation sites (N-methyl/N-ethyl adjacent to an activating group) is 1. The Morgan fingerprint density at radius 2 is 1.54 bits per heavy atom. The molecular weight excluding hydrogens is 342 g/mol. The van der Waals surface area contributed by atoms with Crippen LogP contribution in [-0.4, -0.2) is 13.0 Å². The standard InChI is InChI=1S/C26H37NO/c1-4-6-7-20-8-10-21(11-9-20)22-12-14-23(15-13-22)24-16-18-25(19-17-24)27(3)26(28)5-2/h4-5,16-23H,1-2,6-15H2,3H3. The van der Waals surface area contributed by atoms with Crippen molar-refractivity contribution in [3.05, 3.63) is 55.1 Å². The van der Waals surface area contributed by atoms with Gasteiger partial charge in [0.1, 0.15) is 0 Å². The van der Waals surface area contributed by atoms with Gasteiger partial charge in [0.05, 0.1) is 0 Å². The summed E-state index contributed by atoms with van der Waals surface area (Å²) < 4.78 is 0. The third-order valence-corrected chi connectivity index (χ3v) is 7.37. The summed E-state index contributed by atoms with van der Waals surface area (Å²) in [5.74, 6) is 3.51. The highest BCUT2D eigenvalue weighted by Crippen LogP contribution is 2.44. The molecule has 2 nitrogen and oxygen atoms in total. The number of allylic oxidation sites excluding steroid dienone is 1. The molecule has 28 heavy (non-hydrogen) atoms. The smallest absolute Gasteiger partial charge is 0.250 e. The molecule has 0 radical (unpaired) electrons. The number of anilines is 1. The molecule has 0 N–H and O–H groups in total. The highest BCUT2D eigenvalue weighted by Gasteiger charge is 2.31. The SMILES string of the molecule is C=CCCC1CCC(C2CCC(c3ccc(N(C)C(=O)C=C)cc3)CC2)CC1. The summed E-state index contributed by atoms with van der Waals surface area (Å²) in [6.45, 7) is 7.43. The van der Waals surface area contributed by atoms with E-state index < -0.39 is 0 Å². The van der Waals surface area contributed by atoms with E-state index >= 15 is 0 Å². The Balaban J connectivity index is 1.47. The number of rotatable bonds is 7. The van der Waals surface area contributed by atoms with E-state index in [1.165, 1.54) is 75.8 Å². The Morgan fingerprint density at radius 3 is 2.07 bits per heavy atom. The first-order valence-electron chi connectivity index (χ1n) is 11.2. The molecule has 0 unspecified atom stereocenters. The fraction of sp³-hybridized carbons (Fsp3) is 0.577. The molecule has 2 aliphatic rings. The number of hydrogen-bond acceptors (Lipinski definition) is 1. The van der Waals surface area contributed by atoms with Crippen molar-refractivity contribution in [2.45, 2.75) is 70.1 Å². The summed E-state index contributed by atoms with van der Waals surface area (Å²) in [4.78, 5) is 13.4. The van der Waals surface area contributed by atoms with Crippen LogP contribution in [0.2, 0.25) is 0 Å². The topological polar surface area (TPSA) is 20.3 Å². The van der Waals surface area contributed by atoms with E-state index in [1.807, 2.05) is 0 Å². The number of nitrogens with zero attached hydrogens (tertiary/aromatic N) is 1. The van der Waals surface area contributed by atoms with Gasteiger partial charge in [-0.25, -0.2) is 0 Å². The van der Waals surface area contributed by atoms with Crippen molar-refractivity contribution in [2.75, 3.05) is 11.9 Å². The van der Waals surface area contributed by atoms with Crippen molar-refractivity contribution in [2.24, 2.45) is 17.8 Å². The maximum atomic E-state index is 11.8. The van der Waals surface area contributed by atoms with Gasteiger partial charge in [-0.15, -0.1) is 6.58 Å². The van der Waals surface area contributed by atoms with Crippen LogP contribution in [0.1, 0.15) is 75.7 Å². The van der Waals surface area contributed by atoms with E-state index in [-0.39, 0.29) is 5.91 Å². The van der Waals surface area contributed by atoms with E-state index in [4.69, 9.17) is 0 Å². The highest BCUT2D eigenvalue weighted by molar-refractivity contribution is 6.00. The van der Waals surface area contributed by atoms with Gasteiger partial charge in [0.2, 0.25) is 5.91 Å². The third kappa shape index (κ3) is 5.16. The number of carbonyl (C=O) groups is 1. The van der Waals surface area contributed by atoms with Crippen molar-refractivity contribution in [3.63, 3.8) is 0 Å². The lowest BCUT2D eigenvalue weighted by Gasteiger charge is -2.38. The zero-order valence-electron chi connectivity index (χ0n) is 17.6. The Labute approximate surface area is 171 Å². The zero-order valence-corrected chi connectivity index (χ0v) is 17.6. The van der Waals surface area contributed by atoms with Crippen LogP contribution < -0.4 is 4.90 Å². The van der Waals surface area contributed by atoms with Crippen molar-refractivity contribution >= 4 is 11.6 Å². The summed E-state index contributed by atoms with van der Waals surface area (Å²) in [6.07, 6.45) is 17.2. The Morgan fingerprint density at radius 1 is 0.964 bits per heavy atom. The molecule has 2 aliphatic carbocycles. The molecule has 1 aromatic rings. The molecule has 2 fully saturated rings. The van der Waals surface area contributed by atoms with E-state index in [9.17, 15) is 4.79 Å². The maximum absolute atomic E-state index is 11.8. The van der Waals surface area contributed by atoms with Crippen molar-refractivity contribution in [1.29, 1.82) is 0 Å². The molecule has 1 aromatic carbocycles. The molecule has 2 saturated carbocycles.